The normalized spacial score (nSPS) is 12.3. The van der Waals surface area contributed by atoms with Crippen LogP contribution in [0.2, 0.25) is 0 Å². The lowest BCUT2D eigenvalue weighted by Crippen LogP contribution is -2.23. The second-order valence-electron chi connectivity index (χ2n) is 5.98. The summed E-state index contributed by atoms with van der Waals surface area (Å²) < 4.78 is 0. The van der Waals surface area contributed by atoms with Crippen LogP contribution in [0.25, 0.3) is 0 Å². The molecule has 2 heteroatoms. The second kappa shape index (κ2) is 6.07. The number of hydrogen-bond acceptors (Lipinski definition) is 2. The van der Waals surface area contributed by atoms with Crippen LogP contribution in [0, 0.1) is 10.8 Å². The van der Waals surface area contributed by atoms with Gasteiger partial charge in [0, 0.05) is 0 Å². The molecular formula is C13H25NO. The van der Waals surface area contributed by atoms with Crippen molar-refractivity contribution in [3.05, 3.63) is 0 Å². The van der Waals surface area contributed by atoms with Gasteiger partial charge in [-0.3, -0.25) is 0 Å². The minimum Gasteiger partial charge on any atom is -0.211 e. The summed E-state index contributed by atoms with van der Waals surface area (Å²) in [5.74, 6) is 0. The Morgan fingerprint density at radius 3 is 2.07 bits per heavy atom. The van der Waals surface area contributed by atoms with Crippen LogP contribution < -0.4 is 0 Å². The lowest BCUT2D eigenvalue weighted by Gasteiger charge is -2.34. The predicted molar refractivity (Wildman–Crippen MR) is 64.7 cm³/mol. The quantitative estimate of drug-likeness (QED) is 0.463. The van der Waals surface area contributed by atoms with E-state index in [-0.39, 0.29) is 5.41 Å². The topological polar surface area (TPSA) is 29.4 Å². The highest BCUT2D eigenvalue weighted by Crippen LogP contribution is 2.38. The van der Waals surface area contributed by atoms with Crippen LogP contribution in [0.1, 0.15) is 60.3 Å². The fourth-order valence-corrected chi connectivity index (χ4v) is 2.55. The lowest BCUT2D eigenvalue weighted by atomic mass is 9.71. The third kappa shape index (κ3) is 7.33. The molecule has 0 unspecified atom stereocenters. The van der Waals surface area contributed by atoms with E-state index < -0.39 is 0 Å². The van der Waals surface area contributed by atoms with E-state index in [1.807, 2.05) is 0 Å². The Labute approximate surface area is 94.2 Å². The van der Waals surface area contributed by atoms with E-state index in [9.17, 15) is 4.79 Å². The standard InChI is InChI=1S/C13H25NO/c1-6-7-12(2,3)10-13(4,5)8-9-14-11-15/h6-10H2,1-5H3. The first-order chi connectivity index (χ1) is 6.83. The van der Waals surface area contributed by atoms with Crippen LogP contribution in [0.5, 0.6) is 0 Å². The van der Waals surface area contributed by atoms with Crippen LogP contribution in [0.3, 0.4) is 0 Å². The molecule has 0 aliphatic heterocycles. The van der Waals surface area contributed by atoms with Crippen molar-refractivity contribution < 1.29 is 4.79 Å². The summed E-state index contributed by atoms with van der Waals surface area (Å²) >= 11 is 0. The van der Waals surface area contributed by atoms with Gasteiger partial charge >= 0.3 is 0 Å². The van der Waals surface area contributed by atoms with Gasteiger partial charge in [-0.1, -0.05) is 41.0 Å². The molecule has 0 heterocycles. The molecule has 0 aromatic carbocycles. The van der Waals surface area contributed by atoms with E-state index in [2.05, 4.69) is 39.6 Å². The Morgan fingerprint density at radius 2 is 1.60 bits per heavy atom. The van der Waals surface area contributed by atoms with Gasteiger partial charge in [0.25, 0.3) is 0 Å². The summed E-state index contributed by atoms with van der Waals surface area (Å²) in [5, 5.41) is 0. The van der Waals surface area contributed by atoms with Crippen molar-refractivity contribution in [3.8, 4) is 0 Å². The molecule has 0 atom stereocenters. The summed E-state index contributed by atoms with van der Waals surface area (Å²) in [6, 6.07) is 0. The number of aliphatic imine (C=N–C) groups is 1. The molecular weight excluding hydrogens is 186 g/mol. The molecule has 0 aliphatic rings. The van der Waals surface area contributed by atoms with Gasteiger partial charge in [0.05, 0.1) is 6.54 Å². The van der Waals surface area contributed by atoms with Crippen LogP contribution in [-0.2, 0) is 4.79 Å². The zero-order valence-electron chi connectivity index (χ0n) is 10.9. The number of carbonyl (C=O) groups excluding carboxylic acids is 1. The molecule has 0 aliphatic carbocycles. The summed E-state index contributed by atoms with van der Waals surface area (Å²) in [4.78, 5) is 13.6. The monoisotopic (exact) mass is 211 g/mol. The number of hydrogen-bond donors (Lipinski definition) is 0. The Balaban J connectivity index is 4.16. The highest BCUT2D eigenvalue weighted by molar-refractivity contribution is 5.32. The molecule has 0 N–H and O–H groups in total. The minimum atomic E-state index is 0.263. The molecule has 0 aromatic rings. The van der Waals surface area contributed by atoms with Gasteiger partial charge in [0.1, 0.15) is 0 Å². The maximum absolute atomic E-state index is 9.99. The number of nitrogens with zero attached hydrogens (tertiary/aromatic N) is 1. The fourth-order valence-electron chi connectivity index (χ4n) is 2.55. The maximum atomic E-state index is 9.99. The molecule has 0 aromatic heterocycles. The van der Waals surface area contributed by atoms with E-state index in [4.69, 9.17) is 0 Å². The van der Waals surface area contributed by atoms with Crippen molar-refractivity contribution in [1.29, 1.82) is 0 Å². The van der Waals surface area contributed by atoms with Gasteiger partial charge in [0.2, 0.25) is 6.08 Å². The highest BCUT2D eigenvalue weighted by atomic mass is 16.1. The Bertz CT molecular complexity index is 225. The van der Waals surface area contributed by atoms with E-state index in [0.717, 1.165) is 6.42 Å². The average molecular weight is 211 g/mol. The van der Waals surface area contributed by atoms with Gasteiger partial charge in [-0.2, -0.15) is 0 Å². The minimum absolute atomic E-state index is 0.263. The Hall–Kier alpha value is -0.620. The molecule has 0 spiro atoms. The summed E-state index contributed by atoms with van der Waals surface area (Å²) in [7, 11) is 0. The molecule has 88 valence electrons. The molecule has 0 amide bonds. The second-order valence-corrected chi connectivity index (χ2v) is 5.98. The van der Waals surface area contributed by atoms with Gasteiger partial charge in [-0.05, 0) is 30.1 Å². The lowest BCUT2D eigenvalue weighted by molar-refractivity contribution is 0.173. The van der Waals surface area contributed by atoms with Crippen molar-refractivity contribution in [3.63, 3.8) is 0 Å². The van der Waals surface area contributed by atoms with E-state index in [0.29, 0.717) is 12.0 Å². The fraction of sp³-hybridized carbons (Fsp3) is 0.923. The first-order valence-electron chi connectivity index (χ1n) is 5.87. The van der Waals surface area contributed by atoms with Crippen molar-refractivity contribution >= 4 is 6.08 Å². The summed E-state index contributed by atoms with van der Waals surface area (Å²) in [6.45, 7) is 12.0. The molecule has 0 bridgehead atoms. The summed E-state index contributed by atoms with van der Waals surface area (Å²) in [6.07, 6.45) is 6.24. The zero-order valence-corrected chi connectivity index (χ0v) is 10.9. The SMILES string of the molecule is CCCC(C)(C)CC(C)(C)CCN=C=O. The molecule has 15 heavy (non-hydrogen) atoms. The predicted octanol–water partition coefficient (Wildman–Crippen LogP) is 3.95. The largest absolute Gasteiger partial charge is 0.234 e. The first kappa shape index (κ1) is 14.4. The third-order valence-electron chi connectivity index (χ3n) is 2.85. The van der Waals surface area contributed by atoms with Gasteiger partial charge in [-0.25, -0.2) is 9.79 Å². The molecule has 0 saturated carbocycles. The molecule has 0 saturated heterocycles. The van der Waals surface area contributed by atoms with Crippen LogP contribution in [-0.4, -0.2) is 12.6 Å². The smallest absolute Gasteiger partial charge is 0.211 e. The Morgan fingerprint density at radius 1 is 1.07 bits per heavy atom. The Kier molecular flexibility index (Phi) is 5.82. The van der Waals surface area contributed by atoms with Crippen LogP contribution in [0.4, 0.5) is 0 Å². The van der Waals surface area contributed by atoms with Gasteiger partial charge < -0.3 is 0 Å². The van der Waals surface area contributed by atoms with Crippen LogP contribution in [0.15, 0.2) is 4.99 Å². The number of isocyanates is 1. The van der Waals surface area contributed by atoms with Crippen molar-refractivity contribution in [2.45, 2.75) is 60.3 Å². The maximum Gasteiger partial charge on any atom is 0.234 e. The van der Waals surface area contributed by atoms with E-state index >= 15 is 0 Å². The molecule has 0 rings (SSSR count). The average Bonchev–Trinajstić information content (AvgIpc) is 2.01. The van der Waals surface area contributed by atoms with Gasteiger partial charge in [0.15, 0.2) is 0 Å². The number of rotatable bonds is 7. The van der Waals surface area contributed by atoms with Crippen molar-refractivity contribution in [1.82, 2.24) is 0 Å². The zero-order chi connectivity index (χ0) is 11.9. The first-order valence-corrected chi connectivity index (χ1v) is 5.87. The molecule has 0 fully saturated rings. The molecule has 0 radical (unpaired) electrons. The van der Waals surface area contributed by atoms with Crippen LogP contribution >= 0.6 is 0 Å². The van der Waals surface area contributed by atoms with Crippen molar-refractivity contribution in [2.75, 3.05) is 6.54 Å². The van der Waals surface area contributed by atoms with Crippen molar-refractivity contribution in [2.24, 2.45) is 15.8 Å². The van der Waals surface area contributed by atoms with E-state index in [1.165, 1.54) is 19.3 Å². The third-order valence-corrected chi connectivity index (χ3v) is 2.85. The molecule has 2 nitrogen and oxygen atoms in total. The van der Waals surface area contributed by atoms with Gasteiger partial charge in [-0.15, -0.1) is 0 Å². The summed E-state index contributed by atoms with van der Waals surface area (Å²) in [5.41, 5.74) is 0.655. The highest BCUT2D eigenvalue weighted by Gasteiger charge is 2.27. The van der Waals surface area contributed by atoms with E-state index in [1.54, 1.807) is 6.08 Å².